The maximum atomic E-state index is 11.9. The van der Waals surface area contributed by atoms with Gasteiger partial charge in [0.2, 0.25) is 0 Å². The Labute approximate surface area is 102 Å². The molecule has 1 fully saturated rings. The Kier molecular flexibility index (Phi) is 3.41. The van der Waals surface area contributed by atoms with Gasteiger partial charge < -0.3 is 14.4 Å². The molecule has 0 aromatic heterocycles. The van der Waals surface area contributed by atoms with Gasteiger partial charge in [-0.1, -0.05) is 0 Å². The van der Waals surface area contributed by atoms with E-state index in [1.807, 2.05) is 34.6 Å². The first-order chi connectivity index (χ1) is 7.59. The van der Waals surface area contributed by atoms with Crippen LogP contribution in [-0.4, -0.2) is 41.8 Å². The van der Waals surface area contributed by atoms with E-state index in [1.54, 1.807) is 4.90 Å². The van der Waals surface area contributed by atoms with Crippen LogP contribution in [0.25, 0.3) is 0 Å². The summed E-state index contributed by atoms with van der Waals surface area (Å²) in [5.74, 6) is -0.560. The highest BCUT2D eigenvalue weighted by Gasteiger charge is 2.54. The number of esters is 1. The number of amides is 1. The number of hydrogen-bond acceptors (Lipinski definition) is 4. The highest BCUT2D eigenvalue weighted by Crippen LogP contribution is 2.37. The third kappa shape index (κ3) is 2.70. The van der Waals surface area contributed by atoms with Gasteiger partial charge >= 0.3 is 12.1 Å². The Bertz CT molecular complexity index is 330. The molecule has 17 heavy (non-hydrogen) atoms. The third-order valence-electron chi connectivity index (χ3n) is 3.01. The number of ether oxygens (including phenoxy) is 2. The van der Waals surface area contributed by atoms with E-state index in [9.17, 15) is 9.59 Å². The van der Waals surface area contributed by atoms with E-state index < -0.39 is 11.1 Å². The molecular formula is C12H21NO4. The summed E-state index contributed by atoms with van der Waals surface area (Å²) < 4.78 is 9.97. The van der Waals surface area contributed by atoms with Crippen molar-refractivity contribution in [1.82, 2.24) is 4.90 Å². The van der Waals surface area contributed by atoms with Crippen LogP contribution < -0.4 is 0 Å². The van der Waals surface area contributed by atoms with E-state index in [0.29, 0.717) is 6.54 Å². The Morgan fingerprint density at radius 3 is 2.18 bits per heavy atom. The summed E-state index contributed by atoms with van der Waals surface area (Å²) in [5.41, 5.74) is -1.07. The summed E-state index contributed by atoms with van der Waals surface area (Å²) in [6.07, 6.45) is -0.386. The molecule has 0 saturated carbocycles. The first-order valence-electron chi connectivity index (χ1n) is 5.68. The van der Waals surface area contributed by atoms with Gasteiger partial charge in [0.15, 0.2) is 0 Å². The lowest BCUT2D eigenvalue weighted by atomic mass is 9.77. The summed E-state index contributed by atoms with van der Waals surface area (Å²) in [6.45, 7) is 9.47. The van der Waals surface area contributed by atoms with Crippen LogP contribution in [-0.2, 0) is 14.3 Å². The quantitative estimate of drug-likeness (QED) is 0.659. The third-order valence-corrected chi connectivity index (χ3v) is 3.01. The first kappa shape index (κ1) is 13.8. The van der Waals surface area contributed by atoms with Gasteiger partial charge in [0, 0.05) is 6.54 Å². The van der Waals surface area contributed by atoms with Crippen molar-refractivity contribution in [2.24, 2.45) is 5.92 Å². The van der Waals surface area contributed by atoms with E-state index in [4.69, 9.17) is 9.47 Å². The van der Waals surface area contributed by atoms with Crippen molar-refractivity contribution in [3.05, 3.63) is 0 Å². The molecule has 0 N–H and O–H groups in total. The smallest absolute Gasteiger partial charge is 0.410 e. The van der Waals surface area contributed by atoms with Crippen LogP contribution in [0.5, 0.6) is 0 Å². The SMILES string of the molecule is COC(=O)[C@@H]1CN(C(=O)OC(C)(C)C)C1(C)C. The average Bonchev–Trinajstić information content (AvgIpc) is 2.12. The van der Waals surface area contributed by atoms with Gasteiger partial charge in [0.25, 0.3) is 0 Å². The Morgan fingerprint density at radius 1 is 1.29 bits per heavy atom. The van der Waals surface area contributed by atoms with Crippen molar-refractivity contribution in [2.75, 3.05) is 13.7 Å². The lowest BCUT2D eigenvalue weighted by Gasteiger charge is -2.52. The molecule has 5 heteroatoms. The zero-order valence-corrected chi connectivity index (χ0v) is 11.4. The van der Waals surface area contributed by atoms with Gasteiger partial charge in [-0.3, -0.25) is 4.79 Å². The second kappa shape index (κ2) is 4.20. The lowest BCUT2D eigenvalue weighted by molar-refractivity contribution is -0.162. The molecule has 0 bridgehead atoms. The zero-order valence-electron chi connectivity index (χ0n) is 11.4. The van der Waals surface area contributed by atoms with Crippen LogP contribution in [0.1, 0.15) is 34.6 Å². The largest absolute Gasteiger partial charge is 0.469 e. The van der Waals surface area contributed by atoms with Crippen molar-refractivity contribution >= 4 is 12.1 Å². The minimum atomic E-state index is -0.546. The number of hydrogen-bond donors (Lipinski definition) is 0. The van der Waals surface area contributed by atoms with Gasteiger partial charge in [-0.05, 0) is 34.6 Å². The summed E-state index contributed by atoms with van der Waals surface area (Å²) >= 11 is 0. The van der Waals surface area contributed by atoms with E-state index in [1.165, 1.54) is 7.11 Å². The number of nitrogens with zero attached hydrogens (tertiary/aromatic N) is 1. The van der Waals surface area contributed by atoms with E-state index in [-0.39, 0.29) is 18.0 Å². The number of carbonyl (C=O) groups is 2. The highest BCUT2D eigenvalue weighted by molar-refractivity contribution is 5.80. The number of methoxy groups -OCH3 is 1. The molecule has 0 aromatic carbocycles. The molecule has 1 amide bonds. The minimum absolute atomic E-state index is 0.278. The molecule has 0 unspecified atom stereocenters. The number of carbonyl (C=O) groups excluding carboxylic acids is 2. The van der Waals surface area contributed by atoms with Gasteiger partial charge in [0.1, 0.15) is 5.60 Å². The first-order valence-corrected chi connectivity index (χ1v) is 5.68. The minimum Gasteiger partial charge on any atom is -0.469 e. The predicted octanol–water partition coefficient (Wildman–Crippen LogP) is 1.80. The van der Waals surface area contributed by atoms with E-state index in [2.05, 4.69) is 0 Å². The fourth-order valence-corrected chi connectivity index (χ4v) is 1.85. The molecule has 1 saturated heterocycles. The fourth-order valence-electron chi connectivity index (χ4n) is 1.85. The van der Waals surface area contributed by atoms with Crippen LogP contribution in [0, 0.1) is 5.92 Å². The normalized spacial score (nSPS) is 22.7. The fraction of sp³-hybridized carbons (Fsp3) is 0.833. The second-order valence-corrected chi connectivity index (χ2v) is 5.82. The molecule has 0 radical (unpaired) electrons. The van der Waals surface area contributed by atoms with Crippen LogP contribution in [0.3, 0.4) is 0 Å². The van der Waals surface area contributed by atoms with Crippen molar-refractivity contribution in [2.45, 2.75) is 45.8 Å². The molecule has 1 atom stereocenters. The maximum absolute atomic E-state index is 11.9. The van der Waals surface area contributed by atoms with Crippen molar-refractivity contribution in [3.8, 4) is 0 Å². The summed E-state index contributed by atoms with van der Waals surface area (Å²) in [5, 5.41) is 0. The van der Waals surface area contributed by atoms with E-state index in [0.717, 1.165) is 0 Å². The number of rotatable bonds is 1. The second-order valence-electron chi connectivity index (χ2n) is 5.82. The van der Waals surface area contributed by atoms with Crippen LogP contribution in [0.2, 0.25) is 0 Å². The highest BCUT2D eigenvalue weighted by atomic mass is 16.6. The Balaban J connectivity index is 2.67. The van der Waals surface area contributed by atoms with Crippen molar-refractivity contribution in [3.63, 3.8) is 0 Å². The summed E-state index contributed by atoms with van der Waals surface area (Å²) in [4.78, 5) is 24.9. The topological polar surface area (TPSA) is 55.8 Å². The van der Waals surface area contributed by atoms with Crippen LogP contribution in [0.4, 0.5) is 4.79 Å². The van der Waals surface area contributed by atoms with Crippen LogP contribution >= 0.6 is 0 Å². The Morgan fingerprint density at radius 2 is 1.82 bits per heavy atom. The molecule has 1 aliphatic heterocycles. The predicted molar refractivity (Wildman–Crippen MR) is 62.5 cm³/mol. The molecule has 98 valence electrons. The maximum Gasteiger partial charge on any atom is 0.410 e. The van der Waals surface area contributed by atoms with Gasteiger partial charge in [-0.15, -0.1) is 0 Å². The molecule has 5 nitrogen and oxygen atoms in total. The van der Waals surface area contributed by atoms with Crippen molar-refractivity contribution < 1.29 is 19.1 Å². The van der Waals surface area contributed by atoms with Crippen LogP contribution in [0.15, 0.2) is 0 Å². The molecular weight excluding hydrogens is 222 g/mol. The van der Waals surface area contributed by atoms with Gasteiger partial charge in [0.05, 0.1) is 18.6 Å². The van der Waals surface area contributed by atoms with Crippen molar-refractivity contribution in [1.29, 1.82) is 0 Å². The lowest BCUT2D eigenvalue weighted by Crippen LogP contribution is -2.68. The summed E-state index contributed by atoms with van der Waals surface area (Å²) in [6, 6.07) is 0. The Hall–Kier alpha value is -1.26. The van der Waals surface area contributed by atoms with Gasteiger partial charge in [-0.25, -0.2) is 4.79 Å². The van der Waals surface area contributed by atoms with E-state index >= 15 is 0 Å². The standard InChI is InChI=1S/C12H21NO4/c1-11(2,3)17-10(15)13-7-8(9(14)16-6)12(13,4)5/h8H,7H2,1-6H3/t8-/m0/s1. The molecule has 0 spiro atoms. The molecule has 1 aliphatic rings. The molecule has 0 aromatic rings. The molecule has 0 aliphatic carbocycles. The monoisotopic (exact) mass is 243 g/mol. The number of likely N-dealkylation sites (tertiary alicyclic amines) is 1. The van der Waals surface area contributed by atoms with Gasteiger partial charge in [-0.2, -0.15) is 0 Å². The molecule has 1 rings (SSSR count). The zero-order chi connectivity index (χ0) is 13.4. The molecule has 1 heterocycles. The summed E-state index contributed by atoms with van der Waals surface area (Å²) in [7, 11) is 1.36. The average molecular weight is 243 g/mol.